The summed E-state index contributed by atoms with van der Waals surface area (Å²) < 4.78 is 42.4. The van der Waals surface area contributed by atoms with E-state index in [1.54, 1.807) is 19.2 Å². The Bertz CT molecular complexity index is 614. The number of rotatable bonds is 2. The van der Waals surface area contributed by atoms with Gasteiger partial charge in [0.15, 0.2) is 11.5 Å². The number of ether oxygens (including phenoxy) is 2. The van der Waals surface area contributed by atoms with Gasteiger partial charge in [0, 0.05) is 12.1 Å². The first-order valence-electron chi connectivity index (χ1n) is 5.66. The van der Waals surface area contributed by atoms with Gasteiger partial charge in [0.2, 0.25) is 0 Å². The van der Waals surface area contributed by atoms with Crippen LogP contribution in [0.4, 0.5) is 0 Å². The number of methoxy groups -OCH3 is 2. The molecule has 19 heavy (non-hydrogen) atoms. The molecule has 1 aromatic carbocycles. The molecule has 1 fully saturated rings. The first-order valence-corrected chi connectivity index (χ1v) is 6.99. The van der Waals surface area contributed by atoms with Crippen molar-refractivity contribution in [2.24, 2.45) is 0 Å². The summed E-state index contributed by atoms with van der Waals surface area (Å²) in [6.07, 6.45) is 0.713. The lowest BCUT2D eigenvalue weighted by Gasteiger charge is -2.43. The van der Waals surface area contributed by atoms with Crippen molar-refractivity contribution in [3.8, 4) is 11.5 Å². The molecule has 1 aromatic rings. The van der Waals surface area contributed by atoms with Crippen LogP contribution < -0.4 is 14.8 Å². The molecule has 7 nitrogen and oxygen atoms in total. The summed E-state index contributed by atoms with van der Waals surface area (Å²) >= 11 is 0. The Morgan fingerprint density at radius 2 is 1.84 bits per heavy atom. The summed E-state index contributed by atoms with van der Waals surface area (Å²) in [5.41, 5.74) is 1.48. The molecule has 2 heterocycles. The number of benzene rings is 1. The van der Waals surface area contributed by atoms with Crippen molar-refractivity contribution in [2.75, 3.05) is 20.8 Å². The fourth-order valence-corrected chi connectivity index (χ4v) is 3.22. The molecule has 2 aliphatic heterocycles. The fourth-order valence-electron chi connectivity index (χ4n) is 2.33. The third-order valence-corrected chi connectivity index (χ3v) is 4.03. The Kier molecular flexibility index (Phi) is 2.72. The summed E-state index contributed by atoms with van der Waals surface area (Å²) in [5.74, 6) is -0.354. The van der Waals surface area contributed by atoms with Crippen molar-refractivity contribution in [2.45, 2.75) is 12.3 Å². The summed E-state index contributed by atoms with van der Waals surface area (Å²) in [6.45, 7) is 0.540. The molecule has 0 aliphatic carbocycles. The maximum absolute atomic E-state index is 11.1. The predicted molar refractivity (Wildman–Crippen MR) is 64.0 cm³/mol. The highest BCUT2D eigenvalue weighted by atomic mass is 32.3. The van der Waals surface area contributed by atoms with Gasteiger partial charge in [-0.15, -0.1) is 0 Å². The van der Waals surface area contributed by atoms with Crippen molar-refractivity contribution < 1.29 is 26.3 Å². The molecule has 0 atom stereocenters. The molecular weight excluding hydrogens is 274 g/mol. The standard InChI is InChI=1S/C11H13NO6S/c1-15-9-5-7-3-4-12-11(17-19(13,14)18-11)8(7)6-10(9)16-2/h5-6,12H,3-4H2,1-2H3. The van der Waals surface area contributed by atoms with E-state index in [1.165, 1.54) is 7.11 Å². The summed E-state index contributed by atoms with van der Waals surface area (Å²) in [6, 6.07) is 3.46. The van der Waals surface area contributed by atoms with E-state index in [0.717, 1.165) is 5.56 Å². The minimum absolute atomic E-state index is 0.487. The Hall–Kier alpha value is -1.35. The van der Waals surface area contributed by atoms with Gasteiger partial charge in [-0.3, -0.25) is 5.32 Å². The monoisotopic (exact) mass is 287 g/mol. The van der Waals surface area contributed by atoms with Gasteiger partial charge in [-0.2, -0.15) is 16.8 Å². The van der Waals surface area contributed by atoms with Crippen molar-refractivity contribution in [3.63, 3.8) is 0 Å². The van der Waals surface area contributed by atoms with Crippen LogP contribution in [0.3, 0.4) is 0 Å². The van der Waals surface area contributed by atoms with Gasteiger partial charge >= 0.3 is 10.4 Å². The second kappa shape index (κ2) is 4.07. The molecule has 0 radical (unpaired) electrons. The van der Waals surface area contributed by atoms with E-state index >= 15 is 0 Å². The van der Waals surface area contributed by atoms with Crippen LogP contribution in [0.5, 0.6) is 11.5 Å². The molecule has 1 saturated heterocycles. The molecule has 2 aliphatic rings. The fraction of sp³-hybridized carbons (Fsp3) is 0.455. The molecule has 1 N–H and O–H groups in total. The van der Waals surface area contributed by atoms with Crippen LogP contribution in [0.2, 0.25) is 0 Å². The van der Waals surface area contributed by atoms with Crippen LogP contribution in [0, 0.1) is 0 Å². The lowest BCUT2D eigenvalue weighted by Crippen LogP contribution is -2.60. The zero-order chi connectivity index (χ0) is 13.7. The molecule has 104 valence electrons. The van der Waals surface area contributed by atoms with Crippen molar-refractivity contribution in [1.29, 1.82) is 0 Å². The average molecular weight is 287 g/mol. The largest absolute Gasteiger partial charge is 0.493 e. The third kappa shape index (κ3) is 1.88. The lowest BCUT2D eigenvalue weighted by molar-refractivity contribution is -0.222. The second-order valence-electron chi connectivity index (χ2n) is 4.23. The SMILES string of the molecule is COc1cc2c(cc1OC)C1(NCC2)OS(=O)(=O)O1. The van der Waals surface area contributed by atoms with E-state index in [9.17, 15) is 8.42 Å². The van der Waals surface area contributed by atoms with E-state index in [4.69, 9.17) is 17.8 Å². The predicted octanol–water partition coefficient (Wildman–Crippen LogP) is 0.251. The van der Waals surface area contributed by atoms with E-state index in [-0.39, 0.29) is 0 Å². The minimum Gasteiger partial charge on any atom is -0.493 e. The first kappa shape index (κ1) is 12.7. The Morgan fingerprint density at radius 3 is 2.42 bits per heavy atom. The quantitative estimate of drug-likeness (QED) is 0.834. The zero-order valence-corrected chi connectivity index (χ0v) is 11.2. The smallest absolute Gasteiger partial charge is 0.408 e. The maximum atomic E-state index is 11.1. The van der Waals surface area contributed by atoms with Gasteiger partial charge in [-0.05, 0) is 24.1 Å². The van der Waals surface area contributed by atoms with Gasteiger partial charge in [0.1, 0.15) is 0 Å². The highest BCUT2D eigenvalue weighted by Gasteiger charge is 2.56. The van der Waals surface area contributed by atoms with Gasteiger partial charge in [-0.1, -0.05) is 0 Å². The minimum atomic E-state index is -3.90. The highest BCUT2D eigenvalue weighted by Crippen LogP contribution is 2.44. The van der Waals surface area contributed by atoms with Crippen LogP contribution in [0.25, 0.3) is 0 Å². The van der Waals surface area contributed by atoms with E-state index in [2.05, 4.69) is 5.32 Å². The van der Waals surface area contributed by atoms with Crippen LogP contribution in [-0.2, 0) is 31.1 Å². The van der Waals surface area contributed by atoms with E-state index < -0.39 is 16.3 Å². The molecule has 0 saturated carbocycles. The topological polar surface area (TPSA) is 83.1 Å². The van der Waals surface area contributed by atoms with Crippen molar-refractivity contribution in [1.82, 2.24) is 5.32 Å². The number of fused-ring (bicyclic) bond motifs is 2. The van der Waals surface area contributed by atoms with Crippen molar-refractivity contribution >= 4 is 10.4 Å². The Morgan fingerprint density at radius 1 is 1.21 bits per heavy atom. The van der Waals surface area contributed by atoms with Gasteiger partial charge in [-0.25, -0.2) is 0 Å². The van der Waals surface area contributed by atoms with E-state index in [0.29, 0.717) is 30.0 Å². The van der Waals surface area contributed by atoms with Gasteiger partial charge < -0.3 is 9.47 Å². The molecule has 0 unspecified atom stereocenters. The molecule has 0 aromatic heterocycles. The average Bonchev–Trinajstić information content (AvgIpc) is 2.35. The van der Waals surface area contributed by atoms with Crippen LogP contribution >= 0.6 is 0 Å². The molecule has 8 heteroatoms. The summed E-state index contributed by atoms with van der Waals surface area (Å²) in [4.78, 5) is 0. The third-order valence-electron chi connectivity index (χ3n) is 3.15. The summed E-state index contributed by atoms with van der Waals surface area (Å²) in [5, 5.41) is 2.91. The molecule has 1 spiro atoms. The zero-order valence-electron chi connectivity index (χ0n) is 10.4. The molecular formula is C11H13NO6S. The Labute approximate surface area is 110 Å². The van der Waals surface area contributed by atoms with Crippen LogP contribution in [0.15, 0.2) is 12.1 Å². The first-order chi connectivity index (χ1) is 9.00. The molecule has 0 bridgehead atoms. The van der Waals surface area contributed by atoms with Crippen molar-refractivity contribution in [3.05, 3.63) is 23.3 Å². The lowest BCUT2D eigenvalue weighted by atomic mass is 9.97. The van der Waals surface area contributed by atoms with Gasteiger partial charge in [0.25, 0.3) is 5.91 Å². The second-order valence-corrected chi connectivity index (χ2v) is 5.38. The highest BCUT2D eigenvalue weighted by molar-refractivity contribution is 7.82. The normalized spacial score (nSPS) is 22.4. The maximum Gasteiger partial charge on any atom is 0.408 e. The number of hydrogen-bond donors (Lipinski definition) is 1. The molecule has 3 rings (SSSR count). The van der Waals surface area contributed by atoms with E-state index in [1.807, 2.05) is 0 Å². The van der Waals surface area contributed by atoms with Crippen LogP contribution in [-0.4, -0.2) is 29.2 Å². The number of hydrogen-bond acceptors (Lipinski definition) is 7. The summed E-state index contributed by atoms with van der Waals surface area (Å²) in [7, 11) is -0.852. The van der Waals surface area contributed by atoms with Gasteiger partial charge in [0.05, 0.1) is 14.2 Å². The molecule has 0 amide bonds. The Balaban J connectivity index is 2.10. The van der Waals surface area contributed by atoms with Crippen LogP contribution in [0.1, 0.15) is 11.1 Å². The number of nitrogens with one attached hydrogen (secondary N) is 1.